The van der Waals surface area contributed by atoms with Gasteiger partial charge in [0.15, 0.2) is 0 Å². The van der Waals surface area contributed by atoms with Crippen LogP contribution in [0.5, 0.6) is 0 Å². The SMILES string of the molecule is CCCCN(P(c1ccco1)c1ccco1)P1C(c2ccccc2)CC[C@H]1c1ccccc1. The third-order valence-corrected chi connectivity index (χ3v) is 12.6. The summed E-state index contributed by atoms with van der Waals surface area (Å²) >= 11 is 0. The molecule has 4 aromatic rings. The summed E-state index contributed by atoms with van der Waals surface area (Å²) in [7, 11) is -1.37. The molecule has 1 fully saturated rings. The van der Waals surface area contributed by atoms with Crippen LogP contribution in [0.1, 0.15) is 55.1 Å². The number of rotatable bonds is 9. The van der Waals surface area contributed by atoms with Gasteiger partial charge >= 0.3 is 0 Å². The Labute approximate surface area is 199 Å². The largest absolute Gasteiger partial charge is 0.463 e. The Kier molecular flexibility index (Phi) is 7.42. The molecular formula is C28H31NO2P2. The first-order chi connectivity index (χ1) is 16.4. The Morgan fingerprint density at radius 2 is 1.27 bits per heavy atom. The van der Waals surface area contributed by atoms with E-state index in [1.54, 1.807) is 12.5 Å². The molecule has 0 bridgehead atoms. The minimum absolute atomic E-state index is 0.506. The number of benzene rings is 2. The summed E-state index contributed by atoms with van der Waals surface area (Å²) in [6.45, 7) is 3.34. The fourth-order valence-corrected chi connectivity index (χ4v) is 12.0. The van der Waals surface area contributed by atoms with Crippen molar-refractivity contribution < 1.29 is 8.83 Å². The number of hydrogen-bond donors (Lipinski definition) is 0. The molecule has 0 saturated carbocycles. The lowest BCUT2D eigenvalue weighted by Crippen LogP contribution is -2.26. The van der Waals surface area contributed by atoms with Crippen LogP contribution >= 0.6 is 16.1 Å². The zero-order valence-corrected chi connectivity index (χ0v) is 20.9. The fraction of sp³-hybridized carbons (Fsp3) is 0.286. The molecule has 0 aliphatic carbocycles. The van der Waals surface area contributed by atoms with E-state index >= 15 is 0 Å². The highest BCUT2D eigenvalue weighted by Gasteiger charge is 2.45. The molecule has 5 heteroatoms. The van der Waals surface area contributed by atoms with E-state index in [1.165, 1.54) is 36.8 Å². The molecular weight excluding hydrogens is 444 g/mol. The van der Waals surface area contributed by atoms with Crippen molar-refractivity contribution in [2.75, 3.05) is 6.54 Å². The molecule has 170 valence electrons. The van der Waals surface area contributed by atoms with Crippen LogP contribution in [0.2, 0.25) is 0 Å². The van der Waals surface area contributed by atoms with Gasteiger partial charge in [0.1, 0.15) is 19.1 Å². The average molecular weight is 476 g/mol. The van der Waals surface area contributed by atoms with Gasteiger partial charge in [0.2, 0.25) is 0 Å². The molecule has 3 atom stereocenters. The maximum absolute atomic E-state index is 6.06. The summed E-state index contributed by atoms with van der Waals surface area (Å²) < 4.78 is 14.9. The Morgan fingerprint density at radius 3 is 1.70 bits per heavy atom. The molecule has 1 saturated heterocycles. The standard InChI is InChI=1S/C28H31NO2P2/c1-2-3-20-29(33(27-16-10-21-30-27)28-17-11-22-31-28)32-25(23-12-6-4-7-13-23)18-19-26(32)24-14-8-5-9-15-24/h4-17,21-22,25-26H,2-3,18-20H2,1H3/t25-,26?,32?/m0/s1. The normalized spacial score (nSPS) is 20.6. The lowest BCUT2D eigenvalue weighted by molar-refractivity contribution is 0.573. The first kappa shape index (κ1) is 22.6. The summed E-state index contributed by atoms with van der Waals surface area (Å²) in [6, 6.07) is 30.6. The van der Waals surface area contributed by atoms with Crippen LogP contribution in [0.25, 0.3) is 0 Å². The second-order valence-electron chi connectivity index (χ2n) is 8.47. The molecule has 5 rings (SSSR count). The molecule has 3 nitrogen and oxygen atoms in total. The maximum atomic E-state index is 6.06. The Bertz CT molecular complexity index is 1000. The number of nitrogens with zero attached hydrogens (tertiary/aromatic N) is 1. The van der Waals surface area contributed by atoms with E-state index in [4.69, 9.17) is 8.83 Å². The van der Waals surface area contributed by atoms with Crippen molar-refractivity contribution in [2.45, 2.75) is 43.9 Å². The molecule has 2 aromatic heterocycles. The smallest absolute Gasteiger partial charge is 0.148 e. The Balaban J connectivity index is 1.63. The molecule has 0 radical (unpaired) electrons. The molecule has 2 unspecified atom stereocenters. The van der Waals surface area contributed by atoms with E-state index in [9.17, 15) is 0 Å². The quantitative estimate of drug-likeness (QED) is 0.230. The van der Waals surface area contributed by atoms with Crippen LogP contribution in [-0.2, 0) is 0 Å². The molecule has 3 heterocycles. The molecule has 0 spiro atoms. The van der Waals surface area contributed by atoms with Gasteiger partial charge in [-0.1, -0.05) is 74.0 Å². The third-order valence-electron chi connectivity index (χ3n) is 6.36. The molecule has 33 heavy (non-hydrogen) atoms. The van der Waals surface area contributed by atoms with Gasteiger partial charge in [0.25, 0.3) is 0 Å². The monoisotopic (exact) mass is 475 g/mol. The van der Waals surface area contributed by atoms with Crippen LogP contribution in [0, 0.1) is 0 Å². The van der Waals surface area contributed by atoms with Crippen molar-refractivity contribution >= 4 is 27.1 Å². The second-order valence-corrected chi connectivity index (χ2v) is 13.3. The van der Waals surface area contributed by atoms with Crippen molar-refractivity contribution in [1.29, 1.82) is 0 Å². The summed E-state index contributed by atoms with van der Waals surface area (Å²) in [6.07, 6.45) is 8.38. The summed E-state index contributed by atoms with van der Waals surface area (Å²) in [4.78, 5) is 0. The Hall–Kier alpha value is -2.18. The van der Waals surface area contributed by atoms with Gasteiger partial charge in [-0.2, -0.15) is 0 Å². The summed E-state index contributed by atoms with van der Waals surface area (Å²) in [5.41, 5.74) is 6.08. The first-order valence-electron chi connectivity index (χ1n) is 11.9. The van der Waals surface area contributed by atoms with Crippen molar-refractivity contribution in [2.24, 2.45) is 0 Å². The van der Waals surface area contributed by atoms with Crippen molar-refractivity contribution in [3.63, 3.8) is 0 Å². The molecule has 0 amide bonds. The fourth-order valence-electron chi connectivity index (χ4n) is 4.84. The van der Waals surface area contributed by atoms with E-state index in [0.29, 0.717) is 11.3 Å². The molecule has 1 aliphatic rings. The zero-order valence-electron chi connectivity index (χ0n) is 19.1. The van der Waals surface area contributed by atoms with E-state index in [1.807, 2.05) is 12.1 Å². The number of hydrogen-bond acceptors (Lipinski definition) is 3. The predicted octanol–water partition coefficient (Wildman–Crippen LogP) is 8.00. The number of furan rings is 2. The lowest BCUT2D eigenvalue weighted by atomic mass is 10.0. The predicted molar refractivity (Wildman–Crippen MR) is 140 cm³/mol. The minimum Gasteiger partial charge on any atom is -0.463 e. The summed E-state index contributed by atoms with van der Waals surface area (Å²) in [5, 5.41) is 0. The van der Waals surface area contributed by atoms with Crippen LogP contribution in [0.3, 0.4) is 0 Å². The van der Waals surface area contributed by atoms with E-state index < -0.39 is 16.1 Å². The van der Waals surface area contributed by atoms with Crippen molar-refractivity contribution in [3.05, 3.63) is 109 Å². The molecule has 1 aliphatic heterocycles. The van der Waals surface area contributed by atoms with Gasteiger partial charge in [-0.25, -0.2) is 4.44 Å². The van der Waals surface area contributed by atoms with Gasteiger partial charge < -0.3 is 8.83 Å². The van der Waals surface area contributed by atoms with Crippen LogP contribution in [0.4, 0.5) is 0 Å². The zero-order chi connectivity index (χ0) is 22.5. The van der Waals surface area contributed by atoms with Gasteiger partial charge in [-0.15, -0.1) is 0 Å². The topological polar surface area (TPSA) is 29.5 Å². The molecule has 2 aromatic carbocycles. The van der Waals surface area contributed by atoms with Gasteiger partial charge in [-0.05, 0) is 62.7 Å². The van der Waals surface area contributed by atoms with E-state index in [0.717, 1.165) is 17.5 Å². The first-order valence-corrected chi connectivity index (χ1v) is 14.6. The van der Waals surface area contributed by atoms with Crippen molar-refractivity contribution in [3.8, 4) is 0 Å². The Morgan fingerprint density at radius 1 is 0.758 bits per heavy atom. The van der Waals surface area contributed by atoms with Crippen molar-refractivity contribution in [1.82, 2.24) is 4.44 Å². The van der Waals surface area contributed by atoms with Crippen LogP contribution in [-0.4, -0.2) is 11.0 Å². The summed E-state index contributed by atoms with van der Waals surface area (Å²) in [5.74, 6) is 0. The van der Waals surface area contributed by atoms with Crippen LogP contribution < -0.4 is 11.0 Å². The maximum Gasteiger partial charge on any atom is 0.148 e. The van der Waals surface area contributed by atoms with Gasteiger partial charge in [0.05, 0.1) is 12.5 Å². The van der Waals surface area contributed by atoms with Gasteiger partial charge in [0, 0.05) is 17.9 Å². The van der Waals surface area contributed by atoms with Gasteiger partial charge in [-0.3, -0.25) is 0 Å². The molecule has 0 N–H and O–H groups in total. The number of unbranched alkanes of at least 4 members (excludes halogenated alkanes) is 1. The highest BCUT2D eigenvalue weighted by Crippen LogP contribution is 2.76. The highest BCUT2D eigenvalue weighted by molar-refractivity contribution is 7.79. The van der Waals surface area contributed by atoms with E-state index in [2.05, 4.69) is 84.2 Å². The van der Waals surface area contributed by atoms with Crippen LogP contribution in [0.15, 0.2) is 106 Å². The lowest BCUT2D eigenvalue weighted by Gasteiger charge is -2.40. The second kappa shape index (κ2) is 10.8. The highest BCUT2D eigenvalue weighted by atomic mass is 31.2. The minimum atomic E-state index is -0.868. The third kappa shape index (κ3) is 4.87. The van der Waals surface area contributed by atoms with E-state index in [-0.39, 0.29) is 0 Å². The average Bonchev–Trinajstić information content (AvgIpc) is 3.65.